The van der Waals surface area contributed by atoms with Gasteiger partial charge in [0, 0.05) is 24.9 Å². The normalized spacial score (nSPS) is 15.9. The minimum atomic E-state index is -3.48. The number of amides is 1. The molecule has 1 fully saturated rings. The van der Waals surface area contributed by atoms with Crippen LogP contribution in [0.1, 0.15) is 36.8 Å². The average Bonchev–Trinajstić information content (AvgIpc) is 2.99. The molecule has 3 rings (SSSR count). The van der Waals surface area contributed by atoms with Gasteiger partial charge in [-0.05, 0) is 67.3 Å². The Morgan fingerprint density at radius 2 is 1.69 bits per heavy atom. The van der Waals surface area contributed by atoms with Crippen LogP contribution >= 0.6 is 0 Å². The highest BCUT2D eigenvalue weighted by Crippen LogP contribution is 2.21. The van der Waals surface area contributed by atoms with Gasteiger partial charge < -0.3 is 5.32 Å². The molecule has 154 valence electrons. The van der Waals surface area contributed by atoms with E-state index in [9.17, 15) is 17.6 Å². The Labute approximate surface area is 171 Å². The zero-order chi connectivity index (χ0) is 20.9. The lowest BCUT2D eigenvalue weighted by Gasteiger charge is -2.19. The lowest BCUT2D eigenvalue weighted by atomic mass is 10.2. The zero-order valence-electron chi connectivity index (χ0n) is 16.4. The van der Waals surface area contributed by atoms with Crippen molar-refractivity contribution in [1.82, 2.24) is 4.31 Å². The Morgan fingerprint density at radius 1 is 1.03 bits per heavy atom. The molecule has 1 amide bonds. The Bertz CT molecular complexity index is 993. The van der Waals surface area contributed by atoms with Crippen molar-refractivity contribution in [2.45, 2.75) is 37.5 Å². The molecule has 29 heavy (non-hydrogen) atoms. The quantitative estimate of drug-likeness (QED) is 0.737. The number of aryl methyl sites for hydroxylation is 1. The molecule has 0 aliphatic carbocycles. The van der Waals surface area contributed by atoms with Crippen LogP contribution in [0.3, 0.4) is 0 Å². The van der Waals surface area contributed by atoms with Crippen molar-refractivity contribution in [3.05, 3.63) is 65.5 Å². The number of hydrogen-bond acceptors (Lipinski definition) is 3. The summed E-state index contributed by atoms with van der Waals surface area (Å²) < 4.78 is 40.3. The van der Waals surface area contributed by atoms with E-state index < -0.39 is 10.0 Å². The zero-order valence-corrected chi connectivity index (χ0v) is 17.2. The number of carbonyl (C=O) groups is 1. The molecule has 2 aromatic rings. The predicted octanol–water partition coefficient (Wildman–Crippen LogP) is 4.35. The van der Waals surface area contributed by atoms with Gasteiger partial charge in [0.1, 0.15) is 5.82 Å². The first-order chi connectivity index (χ1) is 13.9. The topological polar surface area (TPSA) is 66.5 Å². The van der Waals surface area contributed by atoms with E-state index in [4.69, 9.17) is 0 Å². The number of sulfonamides is 1. The van der Waals surface area contributed by atoms with E-state index in [1.807, 2.05) is 0 Å². The van der Waals surface area contributed by atoms with Crippen LogP contribution in [0.15, 0.2) is 53.4 Å². The molecule has 0 bridgehead atoms. The number of nitrogens with zero attached hydrogens (tertiary/aromatic N) is 1. The summed E-state index contributed by atoms with van der Waals surface area (Å²) in [6.45, 7) is 2.84. The summed E-state index contributed by atoms with van der Waals surface area (Å²) in [6.07, 6.45) is 6.88. The van der Waals surface area contributed by atoms with Crippen LogP contribution in [0.2, 0.25) is 0 Å². The number of halogens is 1. The third kappa shape index (κ3) is 5.52. The van der Waals surface area contributed by atoms with Gasteiger partial charge in [0.25, 0.3) is 0 Å². The van der Waals surface area contributed by atoms with Crippen molar-refractivity contribution in [2.24, 2.45) is 0 Å². The van der Waals surface area contributed by atoms with E-state index in [-0.39, 0.29) is 16.6 Å². The largest absolute Gasteiger partial charge is 0.322 e. The molecule has 0 spiro atoms. The second-order valence-corrected chi connectivity index (χ2v) is 9.11. The van der Waals surface area contributed by atoms with Crippen molar-refractivity contribution in [1.29, 1.82) is 0 Å². The van der Waals surface area contributed by atoms with Crippen molar-refractivity contribution >= 4 is 27.7 Å². The number of hydrogen-bond donors (Lipinski definition) is 1. The summed E-state index contributed by atoms with van der Waals surface area (Å²) in [4.78, 5) is 12.4. The van der Waals surface area contributed by atoms with Crippen LogP contribution in [-0.4, -0.2) is 31.7 Å². The average molecular weight is 417 g/mol. The van der Waals surface area contributed by atoms with Crippen LogP contribution < -0.4 is 5.32 Å². The van der Waals surface area contributed by atoms with Gasteiger partial charge in [0.2, 0.25) is 15.9 Å². The minimum Gasteiger partial charge on any atom is -0.322 e. The fraction of sp³-hybridized carbons (Fsp3) is 0.318. The first-order valence-corrected chi connectivity index (χ1v) is 11.2. The molecule has 0 saturated carbocycles. The fourth-order valence-corrected chi connectivity index (χ4v) is 4.81. The molecule has 0 atom stereocenters. The molecule has 0 unspecified atom stereocenters. The summed E-state index contributed by atoms with van der Waals surface area (Å²) in [6, 6.07) is 10.6. The first kappa shape index (κ1) is 21.2. The molecule has 2 aromatic carbocycles. The van der Waals surface area contributed by atoms with Crippen molar-refractivity contribution in [3.63, 3.8) is 0 Å². The summed E-state index contributed by atoms with van der Waals surface area (Å²) in [5.41, 5.74) is 1.89. The number of rotatable bonds is 5. The maximum atomic E-state index is 13.1. The van der Waals surface area contributed by atoms with Crippen molar-refractivity contribution in [3.8, 4) is 0 Å². The summed E-state index contributed by atoms with van der Waals surface area (Å²) in [5, 5.41) is 2.70. The Morgan fingerprint density at radius 3 is 2.31 bits per heavy atom. The van der Waals surface area contributed by atoms with E-state index in [1.54, 1.807) is 41.6 Å². The molecule has 1 saturated heterocycles. The molecule has 1 aliphatic rings. The molecule has 5 nitrogen and oxygen atoms in total. The van der Waals surface area contributed by atoms with Gasteiger partial charge in [-0.25, -0.2) is 12.8 Å². The first-order valence-electron chi connectivity index (χ1n) is 9.72. The van der Waals surface area contributed by atoms with Gasteiger partial charge >= 0.3 is 0 Å². The number of nitrogens with one attached hydrogen (secondary N) is 1. The van der Waals surface area contributed by atoms with Crippen LogP contribution in [0.5, 0.6) is 0 Å². The summed E-state index contributed by atoms with van der Waals surface area (Å²) >= 11 is 0. The monoisotopic (exact) mass is 416 g/mol. The van der Waals surface area contributed by atoms with Crippen LogP contribution in [0.25, 0.3) is 6.08 Å². The van der Waals surface area contributed by atoms with E-state index in [2.05, 4.69) is 5.32 Å². The van der Waals surface area contributed by atoms with Crippen molar-refractivity contribution < 1.29 is 17.6 Å². The van der Waals surface area contributed by atoms with Gasteiger partial charge in [-0.1, -0.05) is 25.0 Å². The molecule has 0 radical (unpaired) electrons. The smallest absolute Gasteiger partial charge is 0.248 e. The lowest BCUT2D eigenvalue weighted by molar-refractivity contribution is -0.111. The highest BCUT2D eigenvalue weighted by atomic mass is 32.2. The third-order valence-electron chi connectivity index (χ3n) is 4.96. The number of anilines is 1. The van der Waals surface area contributed by atoms with Crippen LogP contribution in [0.4, 0.5) is 10.1 Å². The second-order valence-electron chi connectivity index (χ2n) is 7.17. The van der Waals surface area contributed by atoms with Crippen molar-refractivity contribution in [2.75, 3.05) is 18.4 Å². The minimum absolute atomic E-state index is 0.267. The van der Waals surface area contributed by atoms with Gasteiger partial charge in [0.05, 0.1) is 4.90 Å². The van der Waals surface area contributed by atoms with E-state index in [0.717, 1.165) is 25.7 Å². The Kier molecular flexibility index (Phi) is 6.82. The van der Waals surface area contributed by atoms with Gasteiger partial charge in [-0.3, -0.25) is 4.79 Å². The van der Waals surface area contributed by atoms with Gasteiger partial charge in [0.15, 0.2) is 0 Å². The molecule has 1 N–H and O–H groups in total. The maximum absolute atomic E-state index is 13.1. The molecular formula is C22H25FN2O3S. The summed E-state index contributed by atoms with van der Waals surface area (Å²) in [5.74, 6) is -0.702. The maximum Gasteiger partial charge on any atom is 0.248 e. The van der Waals surface area contributed by atoms with Crippen LogP contribution in [0, 0.1) is 12.7 Å². The fourth-order valence-electron chi connectivity index (χ4n) is 3.30. The number of carbonyl (C=O) groups excluding carboxylic acids is 1. The highest BCUT2D eigenvalue weighted by Gasteiger charge is 2.24. The van der Waals surface area contributed by atoms with Crippen LogP contribution in [-0.2, 0) is 14.8 Å². The van der Waals surface area contributed by atoms with E-state index in [1.165, 1.54) is 24.3 Å². The molecule has 1 heterocycles. The second kappa shape index (κ2) is 9.33. The van der Waals surface area contributed by atoms with E-state index in [0.29, 0.717) is 29.9 Å². The highest BCUT2D eigenvalue weighted by molar-refractivity contribution is 7.89. The predicted molar refractivity (Wildman–Crippen MR) is 112 cm³/mol. The van der Waals surface area contributed by atoms with E-state index >= 15 is 0 Å². The lowest BCUT2D eigenvalue weighted by Crippen LogP contribution is -2.31. The third-order valence-corrected chi connectivity index (χ3v) is 6.87. The molecular weight excluding hydrogens is 391 g/mol. The SMILES string of the molecule is Cc1cc(F)ccc1NC(=O)/C=C/c1ccc(S(=O)(=O)N2CCCCCC2)cc1. The summed E-state index contributed by atoms with van der Waals surface area (Å²) in [7, 11) is -3.48. The Balaban J connectivity index is 1.65. The standard InChI is InChI=1S/C22H25FN2O3S/c1-17-16-19(23)9-12-21(17)24-22(26)13-8-18-6-10-20(11-7-18)29(27,28)25-14-4-2-3-5-15-25/h6-13,16H,2-5,14-15H2,1H3,(H,24,26)/b13-8+. The molecule has 7 heteroatoms. The molecule has 0 aromatic heterocycles. The number of benzene rings is 2. The van der Waals surface area contributed by atoms with Gasteiger partial charge in [-0.2, -0.15) is 4.31 Å². The Hall–Kier alpha value is -2.51. The molecule has 1 aliphatic heterocycles. The van der Waals surface area contributed by atoms with Gasteiger partial charge in [-0.15, -0.1) is 0 Å².